The molecule has 1 heterocycles. The van der Waals surface area contributed by atoms with Crippen molar-refractivity contribution in [2.45, 2.75) is 25.6 Å². The van der Waals surface area contributed by atoms with Crippen molar-refractivity contribution in [2.24, 2.45) is 0 Å². The molecule has 0 saturated carbocycles. The maximum atomic E-state index is 14.5. The molecule has 4 rings (SSSR count). The highest BCUT2D eigenvalue weighted by atomic mass is 19.1. The van der Waals surface area contributed by atoms with Crippen LogP contribution in [0.1, 0.15) is 28.6 Å². The second-order valence-corrected chi connectivity index (χ2v) is 7.11. The third kappa shape index (κ3) is 3.92. The molecular formula is C23H22FN3O2. The molecule has 1 aliphatic carbocycles. The van der Waals surface area contributed by atoms with Gasteiger partial charge in [0, 0.05) is 12.3 Å². The van der Waals surface area contributed by atoms with Crippen LogP contribution in [-0.2, 0) is 11.2 Å². The second-order valence-electron chi connectivity index (χ2n) is 7.11. The Morgan fingerprint density at radius 2 is 2.14 bits per heavy atom. The number of nitrogens with one attached hydrogen (secondary N) is 1. The van der Waals surface area contributed by atoms with Crippen LogP contribution in [0.4, 0.5) is 4.39 Å². The topological polar surface area (TPSA) is 56.1 Å². The monoisotopic (exact) mass is 391 g/mol. The number of carbonyl (C=O) groups excluding carboxylic acids is 1. The number of benzene rings is 2. The van der Waals surface area contributed by atoms with E-state index in [1.54, 1.807) is 25.6 Å². The van der Waals surface area contributed by atoms with E-state index in [1.165, 1.54) is 6.08 Å². The van der Waals surface area contributed by atoms with Crippen LogP contribution in [0.15, 0.2) is 61.1 Å². The van der Waals surface area contributed by atoms with Gasteiger partial charge in [0.2, 0.25) is 5.91 Å². The lowest BCUT2D eigenvalue weighted by molar-refractivity contribution is -0.117. The van der Waals surface area contributed by atoms with E-state index in [-0.39, 0.29) is 5.91 Å². The number of methoxy groups -OCH3 is 1. The molecule has 0 bridgehead atoms. The van der Waals surface area contributed by atoms with Crippen molar-refractivity contribution in [3.63, 3.8) is 0 Å². The van der Waals surface area contributed by atoms with Crippen molar-refractivity contribution in [3.8, 4) is 11.4 Å². The maximum absolute atomic E-state index is 14.5. The number of fused-ring (bicyclic) bond motifs is 1. The molecule has 0 radical (unpaired) electrons. The molecule has 1 aromatic heterocycles. The fourth-order valence-corrected chi connectivity index (χ4v) is 3.64. The van der Waals surface area contributed by atoms with Gasteiger partial charge in [-0.05, 0) is 48.2 Å². The van der Waals surface area contributed by atoms with Crippen LogP contribution >= 0.6 is 0 Å². The van der Waals surface area contributed by atoms with Gasteiger partial charge in [0.1, 0.15) is 11.9 Å². The summed E-state index contributed by atoms with van der Waals surface area (Å²) in [6.45, 7) is 1.92. The van der Waals surface area contributed by atoms with Gasteiger partial charge >= 0.3 is 0 Å². The first-order valence-electron chi connectivity index (χ1n) is 9.44. The molecular weight excluding hydrogens is 369 g/mol. The molecule has 5 nitrogen and oxygen atoms in total. The number of hydrogen-bond donors (Lipinski definition) is 1. The van der Waals surface area contributed by atoms with Crippen molar-refractivity contribution in [1.29, 1.82) is 0 Å². The second kappa shape index (κ2) is 7.91. The van der Waals surface area contributed by atoms with E-state index < -0.39 is 12.2 Å². The Balaban J connectivity index is 1.44. The number of nitrogens with zero attached hydrogens (tertiary/aromatic N) is 2. The van der Waals surface area contributed by atoms with Crippen LogP contribution in [0.3, 0.4) is 0 Å². The molecule has 1 N–H and O–H groups in total. The Kier molecular flexibility index (Phi) is 5.16. The van der Waals surface area contributed by atoms with Gasteiger partial charge in [0.25, 0.3) is 0 Å². The number of aromatic nitrogens is 2. The van der Waals surface area contributed by atoms with E-state index in [4.69, 9.17) is 4.74 Å². The number of halogens is 1. The molecule has 1 aliphatic rings. The van der Waals surface area contributed by atoms with Crippen LogP contribution in [0.25, 0.3) is 11.8 Å². The Hall–Kier alpha value is -3.41. The fourth-order valence-electron chi connectivity index (χ4n) is 3.64. The number of hydrogen-bond acceptors (Lipinski definition) is 3. The van der Waals surface area contributed by atoms with Crippen molar-refractivity contribution >= 4 is 12.0 Å². The summed E-state index contributed by atoms with van der Waals surface area (Å²) in [6.07, 6.45) is 6.07. The normalized spacial score (nSPS) is 18.0. The van der Waals surface area contributed by atoms with Gasteiger partial charge in [-0.25, -0.2) is 9.37 Å². The third-order valence-corrected chi connectivity index (χ3v) is 5.09. The number of amides is 1. The SMILES string of the molecule is COc1cc(/C=C/C(=O)NC2Cc3ccccc3[C@@H]2F)ccc1-n1cnc(C)c1. The minimum atomic E-state index is -1.18. The first-order chi connectivity index (χ1) is 14.0. The third-order valence-electron chi connectivity index (χ3n) is 5.09. The molecule has 0 saturated heterocycles. The zero-order valence-corrected chi connectivity index (χ0v) is 16.3. The van der Waals surface area contributed by atoms with Crippen LogP contribution in [0.5, 0.6) is 5.75 Å². The lowest BCUT2D eigenvalue weighted by atomic mass is 10.1. The van der Waals surface area contributed by atoms with Crippen LogP contribution in [0.2, 0.25) is 0 Å². The molecule has 0 fully saturated rings. The lowest BCUT2D eigenvalue weighted by Crippen LogP contribution is -2.35. The summed E-state index contributed by atoms with van der Waals surface area (Å²) in [4.78, 5) is 16.5. The molecule has 29 heavy (non-hydrogen) atoms. The summed E-state index contributed by atoms with van der Waals surface area (Å²) >= 11 is 0. The molecule has 0 aliphatic heterocycles. The van der Waals surface area contributed by atoms with E-state index in [9.17, 15) is 9.18 Å². The number of alkyl halides is 1. The van der Waals surface area contributed by atoms with Gasteiger partial charge in [0.15, 0.2) is 0 Å². The minimum absolute atomic E-state index is 0.321. The lowest BCUT2D eigenvalue weighted by Gasteiger charge is -2.14. The largest absolute Gasteiger partial charge is 0.495 e. The van der Waals surface area contributed by atoms with Gasteiger partial charge in [-0.3, -0.25) is 4.79 Å². The fraction of sp³-hybridized carbons (Fsp3) is 0.217. The Labute approximate surface area is 168 Å². The molecule has 6 heteroatoms. The van der Waals surface area contributed by atoms with E-state index in [1.807, 2.05) is 54.1 Å². The maximum Gasteiger partial charge on any atom is 0.244 e. The van der Waals surface area contributed by atoms with Crippen LogP contribution in [0, 0.1) is 6.92 Å². The molecule has 3 aromatic rings. The van der Waals surface area contributed by atoms with Gasteiger partial charge in [-0.2, -0.15) is 0 Å². The van der Waals surface area contributed by atoms with Gasteiger partial charge in [0.05, 0.1) is 30.9 Å². The van der Waals surface area contributed by atoms with Crippen molar-refractivity contribution in [2.75, 3.05) is 7.11 Å². The van der Waals surface area contributed by atoms with Crippen molar-refractivity contribution < 1.29 is 13.9 Å². The molecule has 2 aromatic carbocycles. The highest BCUT2D eigenvalue weighted by molar-refractivity contribution is 5.92. The highest BCUT2D eigenvalue weighted by Crippen LogP contribution is 2.34. The van der Waals surface area contributed by atoms with Crippen molar-refractivity contribution in [3.05, 3.63) is 83.4 Å². The Morgan fingerprint density at radius 3 is 2.86 bits per heavy atom. The van der Waals surface area contributed by atoms with Gasteiger partial charge < -0.3 is 14.6 Å². The summed E-state index contributed by atoms with van der Waals surface area (Å²) < 4.78 is 21.9. The van der Waals surface area contributed by atoms with E-state index in [2.05, 4.69) is 10.3 Å². The smallest absolute Gasteiger partial charge is 0.244 e. The van der Waals surface area contributed by atoms with Crippen LogP contribution in [-0.4, -0.2) is 28.6 Å². The summed E-state index contributed by atoms with van der Waals surface area (Å²) in [7, 11) is 1.60. The molecule has 1 unspecified atom stereocenters. The Morgan fingerprint density at radius 1 is 1.31 bits per heavy atom. The summed E-state index contributed by atoms with van der Waals surface area (Å²) in [5.41, 5.74) is 4.19. The van der Waals surface area contributed by atoms with E-state index >= 15 is 0 Å². The quantitative estimate of drug-likeness (QED) is 0.670. The summed E-state index contributed by atoms with van der Waals surface area (Å²) in [5, 5.41) is 2.77. The Bertz CT molecular complexity index is 1070. The number of aryl methyl sites for hydroxylation is 1. The summed E-state index contributed by atoms with van der Waals surface area (Å²) in [6, 6.07) is 12.5. The predicted octanol–water partition coefficient (Wildman–Crippen LogP) is 3.95. The zero-order valence-electron chi connectivity index (χ0n) is 16.3. The predicted molar refractivity (Wildman–Crippen MR) is 110 cm³/mol. The molecule has 148 valence electrons. The van der Waals surface area contributed by atoms with Crippen LogP contribution < -0.4 is 10.1 Å². The first-order valence-corrected chi connectivity index (χ1v) is 9.44. The number of imidazole rings is 1. The average molecular weight is 391 g/mol. The molecule has 2 atom stereocenters. The number of ether oxygens (including phenoxy) is 1. The number of rotatable bonds is 5. The average Bonchev–Trinajstić information content (AvgIpc) is 3.30. The zero-order chi connectivity index (χ0) is 20.4. The molecule has 0 spiro atoms. The minimum Gasteiger partial charge on any atom is -0.495 e. The van der Waals surface area contributed by atoms with Gasteiger partial charge in [-0.1, -0.05) is 30.3 Å². The molecule has 1 amide bonds. The first kappa shape index (κ1) is 18.9. The van der Waals surface area contributed by atoms with Crippen molar-refractivity contribution in [1.82, 2.24) is 14.9 Å². The van der Waals surface area contributed by atoms with Gasteiger partial charge in [-0.15, -0.1) is 0 Å². The highest BCUT2D eigenvalue weighted by Gasteiger charge is 2.32. The number of carbonyl (C=O) groups is 1. The summed E-state index contributed by atoms with van der Waals surface area (Å²) in [5.74, 6) is 0.346. The van der Waals surface area contributed by atoms with E-state index in [0.29, 0.717) is 17.7 Å². The van der Waals surface area contributed by atoms with E-state index in [0.717, 1.165) is 22.5 Å². The standard InChI is InChI=1S/C23H22FN3O2/c1-15-13-27(14-25-15)20-9-7-16(11-21(20)29-2)8-10-22(28)26-19-12-17-5-3-4-6-18(17)23(19)24/h3-11,13-14,19,23H,12H2,1-2H3,(H,26,28)/b10-8+/t19?,23-/m0/s1.